The van der Waals surface area contributed by atoms with Crippen molar-refractivity contribution in [3.05, 3.63) is 35.8 Å². The van der Waals surface area contributed by atoms with Crippen LogP contribution in [0.4, 0.5) is 0 Å². The molecule has 3 rings (SSSR count). The SMILES string of the molecule is O=C(O)c1cccc2nc(C3CCCS(=O)(=O)C3)cn12. The van der Waals surface area contributed by atoms with Crippen molar-refractivity contribution in [3.8, 4) is 0 Å². The van der Waals surface area contributed by atoms with Gasteiger partial charge < -0.3 is 5.11 Å². The number of aromatic carboxylic acids is 1. The van der Waals surface area contributed by atoms with Crippen molar-refractivity contribution < 1.29 is 18.3 Å². The highest BCUT2D eigenvalue weighted by atomic mass is 32.2. The number of sulfone groups is 1. The second-order valence-corrected chi connectivity index (χ2v) is 7.29. The van der Waals surface area contributed by atoms with Gasteiger partial charge in [0.2, 0.25) is 0 Å². The zero-order chi connectivity index (χ0) is 14.3. The van der Waals surface area contributed by atoms with Gasteiger partial charge in [-0.25, -0.2) is 18.2 Å². The normalized spacial score (nSPS) is 21.9. The number of rotatable bonds is 2. The Bertz CT molecular complexity index is 779. The molecule has 0 aliphatic carbocycles. The van der Waals surface area contributed by atoms with Crippen LogP contribution in [-0.4, -0.2) is 40.4 Å². The van der Waals surface area contributed by atoms with Gasteiger partial charge in [0.1, 0.15) is 11.3 Å². The predicted octanol–water partition coefficient (Wildman–Crippen LogP) is 1.32. The highest BCUT2D eigenvalue weighted by molar-refractivity contribution is 7.91. The van der Waals surface area contributed by atoms with E-state index in [1.807, 2.05) is 0 Å². The number of carboxylic acid groups (broad SMARTS) is 1. The molecule has 1 N–H and O–H groups in total. The predicted molar refractivity (Wildman–Crippen MR) is 72.8 cm³/mol. The Morgan fingerprint density at radius 1 is 1.40 bits per heavy atom. The van der Waals surface area contributed by atoms with Gasteiger partial charge in [0, 0.05) is 12.1 Å². The fraction of sp³-hybridized carbons (Fsp3) is 0.385. The molecule has 0 aromatic carbocycles. The first-order valence-electron chi connectivity index (χ1n) is 6.38. The molecule has 0 spiro atoms. The van der Waals surface area contributed by atoms with E-state index < -0.39 is 15.8 Å². The summed E-state index contributed by atoms with van der Waals surface area (Å²) < 4.78 is 24.9. The molecule has 1 aliphatic heterocycles. The maximum absolute atomic E-state index is 11.7. The summed E-state index contributed by atoms with van der Waals surface area (Å²) in [5.74, 6) is -0.845. The van der Waals surface area contributed by atoms with Crippen LogP contribution in [0.2, 0.25) is 0 Å². The molecular formula is C13H14N2O4S. The fourth-order valence-corrected chi connectivity index (χ4v) is 4.38. The first kappa shape index (κ1) is 13.1. The highest BCUT2D eigenvalue weighted by Gasteiger charge is 2.28. The monoisotopic (exact) mass is 294 g/mol. The second kappa shape index (κ2) is 4.59. The van der Waals surface area contributed by atoms with Gasteiger partial charge in [-0.3, -0.25) is 4.40 Å². The van der Waals surface area contributed by atoms with Crippen molar-refractivity contribution in [3.63, 3.8) is 0 Å². The Morgan fingerprint density at radius 3 is 2.90 bits per heavy atom. The lowest BCUT2D eigenvalue weighted by Crippen LogP contribution is -2.23. The molecule has 0 saturated carbocycles. The molecule has 0 amide bonds. The first-order chi connectivity index (χ1) is 9.46. The Labute approximate surface area is 116 Å². The van der Waals surface area contributed by atoms with Crippen molar-refractivity contribution >= 4 is 21.5 Å². The third-order valence-corrected chi connectivity index (χ3v) is 5.43. The van der Waals surface area contributed by atoms with E-state index in [2.05, 4.69) is 4.98 Å². The summed E-state index contributed by atoms with van der Waals surface area (Å²) >= 11 is 0. The maximum atomic E-state index is 11.7. The lowest BCUT2D eigenvalue weighted by Gasteiger charge is -2.19. The number of hydrogen-bond donors (Lipinski definition) is 1. The summed E-state index contributed by atoms with van der Waals surface area (Å²) in [6, 6.07) is 4.85. The molecule has 2 aromatic rings. The van der Waals surface area contributed by atoms with E-state index in [0.29, 0.717) is 17.8 Å². The Morgan fingerprint density at radius 2 is 2.20 bits per heavy atom. The van der Waals surface area contributed by atoms with E-state index in [1.54, 1.807) is 18.3 Å². The molecule has 1 unspecified atom stereocenters. The number of pyridine rings is 1. The van der Waals surface area contributed by atoms with Crippen molar-refractivity contribution in [1.29, 1.82) is 0 Å². The van der Waals surface area contributed by atoms with E-state index in [-0.39, 0.29) is 23.1 Å². The van der Waals surface area contributed by atoms with Crippen LogP contribution < -0.4 is 0 Å². The quantitative estimate of drug-likeness (QED) is 0.902. The molecule has 106 valence electrons. The number of fused-ring (bicyclic) bond motifs is 1. The van der Waals surface area contributed by atoms with E-state index >= 15 is 0 Å². The summed E-state index contributed by atoms with van der Waals surface area (Å²) in [6.07, 6.45) is 3.04. The van der Waals surface area contributed by atoms with Crippen LogP contribution in [0.3, 0.4) is 0 Å². The number of aromatic nitrogens is 2. The number of imidazole rings is 1. The summed E-state index contributed by atoms with van der Waals surface area (Å²) in [7, 11) is -3.01. The Kier molecular flexibility index (Phi) is 3.01. The molecule has 1 fully saturated rings. The molecule has 3 heterocycles. The summed E-state index contributed by atoms with van der Waals surface area (Å²) in [6.45, 7) is 0. The molecule has 1 atom stereocenters. The average Bonchev–Trinajstić information content (AvgIpc) is 2.80. The largest absolute Gasteiger partial charge is 0.477 e. The molecule has 6 nitrogen and oxygen atoms in total. The molecule has 1 aliphatic rings. The molecular weight excluding hydrogens is 280 g/mol. The number of hydrogen-bond acceptors (Lipinski definition) is 4. The van der Waals surface area contributed by atoms with Crippen LogP contribution in [0.15, 0.2) is 24.4 Å². The number of nitrogens with zero attached hydrogens (tertiary/aromatic N) is 2. The summed E-state index contributed by atoms with van der Waals surface area (Å²) in [5.41, 5.74) is 1.31. The third kappa shape index (κ3) is 2.29. The van der Waals surface area contributed by atoms with Crippen LogP contribution in [0, 0.1) is 0 Å². The molecule has 20 heavy (non-hydrogen) atoms. The van der Waals surface area contributed by atoms with Gasteiger partial charge in [-0.2, -0.15) is 0 Å². The smallest absolute Gasteiger partial charge is 0.352 e. The Hall–Kier alpha value is -1.89. The number of carbonyl (C=O) groups is 1. The second-order valence-electron chi connectivity index (χ2n) is 5.06. The van der Waals surface area contributed by atoms with Crippen LogP contribution in [-0.2, 0) is 9.84 Å². The lowest BCUT2D eigenvalue weighted by atomic mass is 10.0. The van der Waals surface area contributed by atoms with Gasteiger partial charge in [-0.05, 0) is 25.0 Å². The zero-order valence-electron chi connectivity index (χ0n) is 10.7. The molecule has 0 bridgehead atoms. The third-order valence-electron chi connectivity index (χ3n) is 3.61. The van der Waals surface area contributed by atoms with Gasteiger partial charge in [0.25, 0.3) is 0 Å². The first-order valence-corrected chi connectivity index (χ1v) is 8.20. The van der Waals surface area contributed by atoms with Gasteiger partial charge in [-0.1, -0.05) is 6.07 Å². The van der Waals surface area contributed by atoms with Crippen LogP contribution in [0.25, 0.3) is 5.65 Å². The topological polar surface area (TPSA) is 88.7 Å². The molecule has 1 saturated heterocycles. The van der Waals surface area contributed by atoms with Gasteiger partial charge >= 0.3 is 5.97 Å². The summed E-state index contributed by atoms with van der Waals surface area (Å²) in [5, 5.41) is 9.14. The highest BCUT2D eigenvalue weighted by Crippen LogP contribution is 2.28. The molecule has 7 heteroatoms. The van der Waals surface area contributed by atoms with Gasteiger partial charge in [-0.15, -0.1) is 0 Å². The average molecular weight is 294 g/mol. The Balaban J connectivity index is 2.05. The lowest BCUT2D eigenvalue weighted by molar-refractivity contribution is 0.0689. The van der Waals surface area contributed by atoms with Crippen LogP contribution in [0.5, 0.6) is 0 Å². The van der Waals surface area contributed by atoms with Crippen molar-refractivity contribution in [2.24, 2.45) is 0 Å². The molecule has 0 radical (unpaired) electrons. The van der Waals surface area contributed by atoms with Crippen molar-refractivity contribution in [1.82, 2.24) is 9.38 Å². The standard InChI is InChI=1S/C13H14N2O4S/c16-13(17)11-4-1-5-12-14-10(7-15(11)12)9-3-2-6-20(18,19)8-9/h1,4-5,7,9H,2-3,6,8H2,(H,16,17). The minimum atomic E-state index is -3.01. The minimum absolute atomic E-state index is 0.0965. The van der Waals surface area contributed by atoms with E-state index in [9.17, 15) is 13.2 Å². The van der Waals surface area contributed by atoms with Crippen molar-refractivity contribution in [2.45, 2.75) is 18.8 Å². The maximum Gasteiger partial charge on any atom is 0.352 e. The van der Waals surface area contributed by atoms with Gasteiger partial charge in [0.05, 0.1) is 17.2 Å². The van der Waals surface area contributed by atoms with Crippen LogP contribution >= 0.6 is 0 Å². The summed E-state index contributed by atoms with van der Waals surface area (Å²) in [4.78, 5) is 15.5. The van der Waals surface area contributed by atoms with E-state index in [4.69, 9.17) is 5.11 Å². The minimum Gasteiger partial charge on any atom is -0.477 e. The van der Waals surface area contributed by atoms with Crippen LogP contribution in [0.1, 0.15) is 34.9 Å². The fourth-order valence-electron chi connectivity index (χ4n) is 2.66. The number of carboxylic acids is 1. The van der Waals surface area contributed by atoms with E-state index in [1.165, 1.54) is 10.5 Å². The van der Waals surface area contributed by atoms with Gasteiger partial charge in [0.15, 0.2) is 9.84 Å². The van der Waals surface area contributed by atoms with E-state index in [0.717, 1.165) is 6.42 Å². The molecule has 2 aromatic heterocycles. The van der Waals surface area contributed by atoms with Crippen molar-refractivity contribution in [2.75, 3.05) is 11.5 Å². The zero-order valence-corrected chi connectivity index (χ0v) is 11.5.